The number of nitrogens with zero attached hydrogens (tertiary/aromatic N) is 1. The van der Waals surface area contributed by atoms with Crippen molar-refractivity contribution >= 4 is 5.97 Å². The van der Waals surface area contributed by atoms with Gasteiger partial charge in [-0.25, -0.2) is 4.79 Å². The summed E-state index contributed by atoms with van der Waals surface area (Å²) in [5, 5.41) is 0. The summed E-state index contributed by atoms with van der Waals surface area (Å²) in [5.41, 5.74) is 0. The van der Waals surface area contributed by atoms with Crippen LogP contribution in [-0.2, 0) is 14.3 Å². The molecule has 4 nitrogen and oxygen atoms in total. The molecule has 0 aromatic carbocycles. The molecular weight excluding hydrogens is 218 g/mol. The highest BCUT2D eigenvalue weighted by atomic mass is 16.5. The number of ether oxygens (including phenoxy) is 2. The predicted octanol–water partition coefficient (Wildman–Crippen LogP) is 1.61. The van der Waals surface area contributed by atoms with E-state index in [1.54, 1.807) is 6.92 Å². The zero-order valence-electron chi connectivity index (χ0n) is 10.9. The van der Waals surface area contributed by atoms with Crippen molar-refractivity contribution in [1.82, 2.24) is 4.90 Å². The van der Waals surface area contributed by atoms with Crippen LogP contribution >= 0.6 is 0 Å². The SMILES string of the molecule is CCOC(=O)/C=C/CN(C)CC1CCCCO1. The lowest BCUT2D eigenvalue weighted by Gasteiger charge is -2.26. The van der Waals surface area contributed by atoms with Gasteiger partial charge in [-0.3, -0.25) is 0 Å². The Bertz CT molecular complexity index is 247. The summed E-state index contributed by atoms with van der Waals surface area (Å²) in [6.45, 7) is 4.79. The van der Waals surface area contributed by atoms with Crippen molar-refractivity contribution in [2.75, 3.05) is 33.4 Å². The lowest BCUT2D eigenvalue weighted by atomic mass is 10.1. The Balaban J connectivity index is 2.15. The summed E-state index contributed by atoms with van der Waals surface area (Å²) >= 11 is 0. The number of hydrogen-bond donors (Lipinski definition) is 0. The van der Waals surface area contributed by atoms with Crippen molar-refractivity contribution in [2.24, 2.45) is 0 Å². The van der Waals surface area contributed by atoms with Gasteiger partial charge in [0.1, 0.15) is 0 Å². The first kappa shape index (κ1) is 14.2. The van der Waals surface area contributed by atoms with E-state index in [2.05, 4.69) is 4.90 Å². The van der Waals surface area contributed by atoms with Gasteiger partial charge >= 0.3 is 5.97 Å². The van der Waals surface area contributed by atoms with Crippen LogP contribution in [0.2, 0.25) is 0 Å². The molecule has 1 fully saturated rings. The smallest absolute Gasteiger partial charge is 0.330 e. The average molecular weight is 241 g/mol. The molecule has 1 unspecified atom stereocenters. The van der Waals surface area contributed by atoms with Crippen LogP contribution in [-0.4, -0.2) is 50.3 Å². The van der Waals surface area contributed by atoms with Gasteiger partial charge in [0.15, 0.2) is 0 Å². The van der Waals surface area contributed by atoms with Gasteiger partial charge in [0.05, 0.1) is 12.7 Å². The van der Waals surface area contributed by atoms with Crippen LogP contribution in [0.25, 0.3) is 0 Å². The van der Waals surface area contributed by atoms with Gasteiger partial charge in [0.25, 0.3) is 0 Å². The topological polar surface area (TPSA) is 38.8 Å². The van der Waals surface area contributed by atoms with Gasteiger partial charge in [0, 0.05) is 25.8 Å². The third-order valence-corrected chi connectivity index (χ3v) is 2.75. The molecule has 0 aromatic heterocycles. The number of esters is 1. The largest absolute Gasteiger partial charge is 0.463 e. The van der Waals surface area contributed by atoms with Crippen molar-refractivity contribution in [2.45, 2.75) is 32.3 Å². The normalized spacial score (nSPS) is 21.0. The van der Waals surface area contributed by atoms with Gasteiger partial charge in [-0.1, -0.05) is 6.08 Å². The summed E-state index contributed by atoms with van der Waals surface area (Å²) in [6, 6.07) is 0. The molecule has 1 aliphatic rings. The highest BCUT2D eigenvalue weighted by molar-refractivity contribution is 5.81. The highest BCUT2D eigenvalue weighted by Gasteiger charge is 2.14. The molecule has 0 N–H and O–H groups in total. The molecule has 17 heavy (non-hydrogen) atoms. The molecule has 0 amide bonds. The molecule has 4 heteroatoms. The van der Waals surface area contributed by atoms with Gasteiger partial charge in [0.2, 0.25) is 0 Å². The van der Waals surface area contributed by atoms with E-state index in [1.807, 2.05) is 13.1 Å². The fourth-order valence-electron chi connectivity index (χ4n) is 1.89. The van der Waals surface area contributed by atoms with Crippen molar-refractivity contribution in [3.05, 3.63) is 12.2 Å². The van der Waals surface area contributed by atoms with Crippen LogP contribution in [0.4, 0.5) is 0 Å². The molecule has 1 atom stereocenters. The van der Waals surface area contributed by atoms with Gasteiger partial charge in [-0.15, -0.1) is 0 Å². The van der Waals surface area contributed by atoms with Gasteiger partial charge < -0.3 is 14.4 Å². The third kappa shape index (κ3) is 6.44. The Morgan fingerprint density at radius 3 is 3.00 bits per heavy atom. The number of likely N-dealkylation sites (N-methyl/N-ethyl adjacent to an activating group) is 1. The lowest BCUT2D eigenvalue weighted by Crippen LogP contribution is -2.33. The van der Waals surface area contributed by atoms with E-state index < -0.39 is 0 Å². The van der Waals surface area contributed by atoms with Crippen LogP contribution < -0.4 is 0 Å². The minimum atomic E-state index is -0.269. The van der Waals surface area contributed by atoms with Crippen molar-refractivity contribution in [1.29, 1.82) is 0 Å². The molecular formula is C13H23NO3. The Kier molecular flexibility index (Phi) is 6.89. The molecule has 0 saturated carbocycles. The molecule has 0 bridgehead atoms. The average Bonchev–Trinajstić information content (AvgIpc) is 2.30. The predicted molar refractivity (Wildman–Crippen MR) is 66.9 cm³/mol. The van der Waals surface area contributed by atoms with E-state index in [4.69, 9.17) is 9.47 Å². The first-order valence-electron chi connectivity index (χ1n) is 6.35. The Hall–Kier alpha value is -0.870. The molecule has 1 heterocycles. The molecule has 0 aliphatic carbocycles. The number of carbonyl (C=O) groups is 1. The fraction of sp³-hybridized carbons (Fsp3) is 0.769. The molecule has 1 rings (SSSR count). The molecule has 1 saturated heterocycles. The summed E-state index contributed by atoms with van der Waals surface area (Å²) in [6.07, 6.45) is 7.26. The van der Waals surface area contributed by atoms with Crippen LogP contribution in [0.5, 0.6) is 0 Å². The van der Waals surface area contributed by atoms with Crippen LogP contribution in [0.3, 0.4) is 0 Å². The van der Waals surface area contributed by atoms with E-state index >= 15 is 0 Å². The zero-order chi connectivity index (χ0) is 12.5. The summed E-state index contributed by atoms with van der Waals surface area (Å²) in [5.74, 6) is -0.269. The molecule has 0 aromatic rings. The van der Waals surface area contributed by atoms with Crippen LogP contribution in [0.15, 0.2) is 12.2 Å². The molecule has 1 aliphatic heterocycles. The van der Waals surface area contributed by atoms with Crippen molar-refractivity contribution in [3.63, 3.8) is 0 Å². The van der Waals surface area contributed by atoms with E-state index in [1.165, 1.54) is 18.9 Å². The maximum Gasteiger partial charge on any atom is 0.330 e. The highest BCUT2D eigenvalue weighted by Crippen LogP contribution is 2.13. The first-order valence-corrected chi connectivity index (χ1v) is 6.35. The summed E-state index contributed by atoms with van der Waals surface area (Å²) in [7, 11) is 2.04. The zero-order valence-corrected chi connectivity index (χ0v) is 10.9. The van der Waals surface area contributed by atoms with Crippen molar-refractivity contribution in [3.8, 4) is 0 Å². The fourth-order valence-corrected chi connectivity index (χ4v) is 1.89. The molecule has 98 valence electrons. The molecule has 0 spiro atoms. The Morgan fingerprint density at radius 2 is 2.35 bits per heavy atom. The van der Waals surface area contributed by atoms with Gasteiger partial charge in [-0.05, 0) is 33.2 Å². The second-order valence-corrected chi connectivity index (χ2v) is 4.36. The quantitative estimate of drug-likeness (QED) is 0.523. The first-order chi connectivity index (χ1) is 8.22. The maximum absolute atomic E-state index is 11.1. The van der Waals surface area contributed by atoms with E-state index in [0.717, 1.165) is 26.1 Å². The van der Waals surface area contributed by atoms with Crippen LogP contribution in [0.1, 0.15) is 26.2 Å². The number of hydrogen-bond acceptors (Lipinski definition) is 4. The minimum Gasteiger partial charge on any atom is -0.463 e. The maximum atomic E-state index is 11.1. The number of carbonyl (C=O) groups excluding carboxylic acids is 1. The minimum absolute atomic E-state index is 0.269. The van der Waals surface area contributed by atoms with E-state index in [0.29, 0.717) is 12.7 Å². The Labute approximate surface area is 104 Å². The number of rotatable bonds is 6. The second kappa shape index (κ2) is 8.25. The van der Waals surface area contributed by atoms with Crippen LogP contribution in [0, 0.1) is 0 Å². The monoisotopic (exact) mass is 241 g/mol. The van der Waals surface area contributed by atoms with E-state index in [-0.39, 0.29) is 5.97 Å². The Morgan fingerprint density at radius 1 is 1.53 bits per heavy atom. The third-order valence-electron chi connectivity index (χ3n) is 2.75. The van der Waals surface area contributed by atoms with Crippen molar-refractivity contribution < 1.29 is 14.3 Å². The van der Waals surface area contributed by atoms with E-state index in [9.17, 15) is 4.79 Å². The summed E-state index contributed by atoms with van der Waals surface area (Å²) in [4.78, 5) is 13.2. The lowest BCUT2D eigenvalue weighted by molar-refractivity contribution is -0.137. The summed E-state index contributed by atoms with van der Waals surface area (Å²) < 4.78 is 10.5. The van der Waals surface area contributed by atoms with Gasteiger partial charge in [-0.2, -0.15) is 0 Å². The second-order valence-electron chi connectivity index (χ2n) is 4.36. The standard InChI is InChI=1S/C13H23NO3/c1-3-16-13(15)8-6-9-14(2)11-12-7-4-5-10-17-12/h6,8,12H,3-5,7,9-11H2,1-2H3/b8-6+. The molecule has 0 radical (unpaired) electrons.